The van der Waals surface area contributed by atoms with E-state index in [1.165, 1.54) is 0 Å². The van der Waals surface area contributed by atoms with Crippen LogP contribution in [0.4, 0.5) is 0 Å². The van der Waals surface area contributed by atoms with Crippen molar-refractivity contribution in [2.24, 2.45) is 0 Å². The maximum Gasteiger partial charge on any atom is 0.354 e. The molecule has 0 aliphatic carbocycles. The predicted octanol–water partition coefficient (Wildman–Crippen LogP) is 0.780. The monoisotopic (exact) mass is 126 g/mol. The SMILES string of the molecule is [2H]c1cc(C(=O)O)nc([2H])c1[2H]. The standard InChI is InChI=1S/C6H5NO2/c8-6(9)5-3-1-2-4-7-5/h1-4H,(H,8,9)/i1D,2D,4D. The Morgan fingerprint density at radius 2 is 2.56 bits per heavy atom. The fraction of sp³-hybridized carbons (Fsp3) is 0. The second kappa shape index (κ2) is 2.26. The average Bonchev–Trinajstić information content (AvgIpc) is 1.99. The highest BCUT2D eigenvalue weighted by Gasteiger charge is 1.98. The number of carboxylic acids is 1. The highest BCUT2D eigenvalue weighted by Crippen LogP contribution is 1.90. The first-order valence-electron chi connectivity index (χ1n) is 3.70. The minimum absolute atomic E-state index is 0.299. The molecule has 1 aromatic rings. The lowest BCUT2D eigenvalue weighted by Gasteiger charge is -1.87. The van der Waals surface area contributed by atoms with Crippen molar-refractivity contribution in [2.45, 2.75) is 0 Å². The van der Waals surface area contributed by atoms with E-state index in [-0.39, 0.29) is 17.8 Å². The second-order valence-corrected chi connectivity index (χ2v) is 1.33. The van der Waals surface area contributed by atoms with Crippen molar-refractivity contribution in [3.8, 4) is 0 Å². The number of nitrogens with zero attached hydrogens (tertiary/aromatic N) is 1. The van der Waals surface area contributed by atoms with Gasteiger partial charge in [-0.3, -0.25) is 0 Å². The Balaban J connectivity index is 3.31. The van der Waals surface area contributed by atoms with E-state index in [1.807, 2.05) is 0 Å². The van der Waals surface area contributed by atoms with Crippen LogP contribution < -0.4 is 0 Å². The van der Waals surface area contributed by atoms with Gasteiger partial charge in [0.1, 0.15) is 5.69 Å². The van der Waals surface area contributed by atoms with Gasteiger partial charge in [-0.05, 0) is 12.1 Å². The molecule has 0 amide bonds. The predicted molar refractivity (Wildman–Crippen MR) is 31.2 cm³/mol. The first-order chi connectivity index (χ1) is 5.52. The molecular formula is C6H5NO2. The first-order valence-corrected chi connectivity index (χ1v) is 2.20. The Labute approximate surface area is 56.2 Å². The van der Waals surface area contributed by atoms with Crippen LogP contribution in [0.25, 0.3) is 0 Å². The molecule has 0 atom stereocenters. The molecule has 0 radical (unpaired) electrons. The third kappa shape index (κ3) is 1.25. The number of pyridine rings is 1. The van der Waals surface area contributed by atoms with Crippen LogP contribution in [0.15, 0.2) is 24.3 Å². The van der Waals surface area contributed by atoms with Crippen LogP contribution in [-0.2, 0) is 0 Å². The summed E-state index contributed by atoms with van der Waals surface area (Å²) >= 11 is 0. The molecule has 0 fully saturated rings. The lowest BCUT2D eigenvalue weighted by molar-refractivity contribution is 0.0690. The number of carbonyl (C=O) groups is 1. The van der Waals surface area contributed by atoms with Crippen molar-refractivity contribution in [1.29, 1.82) is 0 Å². The van der Waals surface area contributed by atoms with Crippen LogP contribution in [0, 0.1) is 0 Å². The number of rotatable bonds is 1. The molecule has 3 heteroatoms. The number of aromatic nitrogens is 1. The quantitative estimate of drug-likeness (QED) is 0.604. The fourth-order valence-corrected chi connectivity index (χ4v) is 0.367. The third-order valence-corrected chi connectivity index (χ3v) is 0.732. The number of carboxylic acid groups (broad SMARTS) is 1. The van der Waals surface area contributed by atoms with Crippen molar-refractivity contribution in [2.75, 3.05) is 0 Å². The normalized spacial score (nSPS) is 13.6. The summed E-state index contributed by atoms with van der Waals surface area (Å²) in [4.78, 5) is 13.6. The van der Waals surface area contributed by atoms with E-state index in [0.717, 1.165) is 6.07 Å². The summed E-state index contributed by atoms with van der Waals surface area (Å²) in [6, 6.07) is 0.287. The molecule has 0 aromatic carbocycles. The van der Waals surface area contributed by atoms with E-state index >= 15 is 0 Å². The molecule has 0 aliphatic rings. The van der Waals surface area contributed by atoms with Gasteiger partial charge in [0, 0.05) is 6.17 Å². The van der Waals surface area contributed by atoms with E-state index in [1.54, 1.807) is 0 Å². The Morgan fingerprint density at radius 1 is 1.78 bits per heavy atom. The van der Waals surface area contributed by atoms with Crippen molar-refractivity contribution in [1.82, 2.24) is 4.98 Å². The van der Waals surface area contributed by atoms with E-state index < -0.39 is 12.1 Å². The molecule has 1 N–H and O–H groups in total. The molecule has 0 saturated heterocycles. The van der Waals surface area contributed by atoms with Crippen molar-refractivity contribution in [3.63, 3.8) is 0 Å². The minimum atomic E-state index is -1.29. The molecular weight excluding hydrogens is 118 g/mol. The third-order valence-electron chi connectivity index (χ3n) is 0.732. The Hall–Kier alpha value is -1.38. The van der Waals surface area contributed by atoms with Gasteiger partial charge >= 0.3 is 5.97 Å². The molecule has 0 spiro atoms. The van der Waals surface area contributed by atoms with Gasteiger partial charge in [0.15, 0.2) is 0 Å². The first kappa shape index (κ1) is 2.96. The van der Waals surface area contributed by atoms with Gasteiger partial charge in [-0.15, -0.1) is 0 Å². The van der Waals surface area contributed by atoms with Gasteiger partial charge in [0.2, 0.25) is 0 Å². The van der Waals surface area contributed by atoms with Gasteiger partial charge in [-0.2, -0.15) is 0 Å². The van der Waals surface area contributed by atoms with Gasteiger partial charge in [-0.1, -0.05) is 6.04 Å². The van der Waals surface area contributed by atoms with E-state index in [9.17, 15) is 4.79 Å². The summed E-state index contributed by atoms with van der Waals surface area (Å²) in [5.41, 5.74) is -0.374. The van der Waals surface area contributed by atoms with Crippen LogP contribution in [0.5, 0.6) is 0 Å². The highest BCUT2D eigenvalue weighted by atomic mass is 16.4. The maximum absolute atomic E-state index is 10.3. The lowest BCUT2D eigenvalue weighted by Crippen LogP contribution is -1.97. The Morgan fingerprint density at radius 3 is 3.11 bits per heavy atom. The summed E-state index contributed by atoms with van der Waals surface area (Å²) in [7, 11) is 0. The summed E-state index contributed by atoms with van der Waals surface area (Å²) in [5, 5.41) is 8.43. The van der Waals surface area contributed by atoms with Crippen molar-refractivity contribution in [3.05, 3.63) is 30.0 Å². The number of hydrogen-bond acceptors (Lipinski definition) is 2. The molecule has 0 bridgehead atoms. The molecule has 0 aliphatic heterocycles. The topological polar surface area (TPSA) is 50.2 Å². The lowest BCUT2D eigenvalue weighted by atomic mass is 10.4. The summed E-state index contributed by atoms with van der Waals surface area (Å²) in [6.45, 7) is 0. The molecule has 3 nitrogen and oxygen atoms in total. The molecule has 1 rings (SSSR count). The number of aromatic carboxylic acids is 1. The van der Waals surface area contributed by atoms with Gasteiger partial charge in [0.25, 0.3) is 0 Å². The summed E-state index contributed by atoms with van der Waals surface area (Å²) in [6.07, 6.45) is -0.486. The van der Waals surface area contributed by atoms with Crippen molar-refractivity contribution < 1.29 is 14.0 Å². The van der Waals surface area contributed by atoms with Crippen LogP contribution in [0.1, 0.15) is 14.6 Å². The second-order valence-electron chi connectivity index (χ2n) is 1.33. The number of hydrogen-bond donors (Lipinski definition) is 1. The van der Waals surface area contributed by atoms with E-state index in [0.29, 0.717) is 0 Å². The largest absolute Gasteiger partial charge is 0.477 e. The Kier molecular flexibility index (Phi) is 0.743. The minimum Gasteiger partial charge on any atom is -0.477 e. The molecule has 1 aromatic heterocycles. The molecule has 0 saturated carbocycles. The summed E-state index contributed by atoms with van der Waals surface area (Å²) < 4.78 is 21.1. The van der Waals surface area contributed by atoms with Gasteiger partial charge < -0.3 is 5.11 Å². The molecule has 1 heterocycles. The van der Waals surface area contributed by atoms with Crippen molar-refractivity contribution >= 4 is 5.97 Å². The van der Waals surface area contributed by atoms with E-state index in [2.05, 4.69) is 4.98 Å². The van der Waals surface area contributed by atoms with Crippen LogP contribution in [0.3, 0.4) is 0 Å². The average molecular weight is 126 g/mol. The molecule has 46 valence electrons. The smallest absolute Gasteiger partial charge is 0.354 e. The zero-order valence-electron chi connectivity index (χ0n) is 7.38. The fourth-order valence-electron chi connectivity index (χ4n) is 0.367. The van der Waals surface area contributed by atoms with Crippen LogP contribution in [-0.4, -0.2) is 16.1 Å². The van der Waals surface area contributed by atoms with Crippen LogP contribution >= 0.6 is 0 Å². The van der Waals surface area contributed by atoms with Crippen LogP contribution in [0.2, 0.25) is 0 Å². The maximum atomic E-state index is 10.3. The highest BCUT2D eigenvalue weighted by molar-refractivity contribution is 5.85. The summed E-state index contributed by atoms with van der Waals surface area (Å²) in [5.74, 6) is -1.29. The zero-order valence-corrected chi connectivity index (χ0v) is 4.38. The molecule has 0 unspecified atom stereocenters. The van der Waals surface area contributed by atoms with E-state index in [4.69, 9.17) is 9.22 Å². The Bertz CT molecular complexity index is 317. The van der Waals surface area contributed by atoms with Gasteiger partial charge in [-0.25, -0.2) is 9.78 Å². The molecule has 9 heavy (non-hydrogen) atoms. The van der Waals surface area contributed by atoms with Gasteiger partial charge in [0.05, 0.1) is 4.11 Å². The zero-order chi connectivity index (χ0) is 9.30.